The predicted octanol–water partition coefficient (Wildman–Crippen LogP) is 2.60. The fourth-order valence-corrected chi connectivity index (χ4v) is 3.75. The van der Waals surface area contributed by atoms with Crippen LogP contribution < -0.4 is 14.9 Å². The predicted molar refractivity (Wildman–Crippen MR) is 106 cm³/mol. The van der Waals surface area contributed by atoms with Crippen molar-refractivity contribution in [3.63, 3.8) is 0 Å². The molecule has 1 aromatic carbocycles. The molecule has 1 saturated heterocycles. The Kier molecular flexibility index (Phi) is 6.11. The summed E-state index contributed by atoms with van der Waals surface area (Å²) in [4.78, 5) is 6.35. The standard InChI is InChI=1S/C19H26N4O2S/c1-2-26(24,25)22-18-4-3-5-19(14-18)23-12-8-17(9-13-23)21-15-16-6-10-20-11-7-16/h3-7,10-11,14,17,21-22H,2,8-9,12-13,15H2,1H3. The summed E-state index contributed by atoms with van der Waals surface area (Å²) in [5.41, 5.74) is 2.94. The molecule has 0 atom stereocenters. The highest BCUT2D eigenvalue weighted by Gasteiger charge is 2.19. The summed E-state index contributed by atoms with van der Waals surface area (Å²) in [5, 5.41) is 3.61. The van der Waals surface area contributed by atoms with E-state index in [0.29, 0.717) is 11.7 Å². The van der Waals surface area contributed by atoms with Gasteiger partial charge in [0, 0.05) is 43.8 Å². The van der Waals surface area contributed by atoms with Gasteiger partial charge in [0.05, 0.1) is 11.4 Å². The average molecular weight is 375 g/mol. The maximum atomic E-state index is 11.8. The van der Waals surface area contributed by atoms with E-state index >= 15 is 0 Å². The number of nitrogens with one attached hydrogen (secondary N) is 2. The molecular weight excluding hydrogens is 348 g/mol. The van der Waals surface area contributed by atoms with E-state index < -0.39 is 10.0 Å². The average Bonchev–Trinajstić information content (AvgIpc) is 2.67. The summed E-state index contributed by atoms with van der Waals surface area (Å²) in [6.07, 6.45) is 5.77. The van der Waals surface area contributed by atoms with Gasteiger partial charge in [-0.3, -0.25) is 9.71 Å². The molecule has 0 aliphatic carbocycles. The van der Waals surface area contributed by atoms with Gasteiger partial charge in [0.25, 0.3) is 0 Å². The molecule has 1 fully saturated rings. The minimum Gasteiger partial charge on any atom is -0.371 e. The van der Waals surface area contributed by atoms with Gasteiger partial charge in [-0.05, 0) is 55.7 Å². The number of anilines is 2. The maximum absolute atomic E-state index is 11.8. The number of nitrogens with zero attached hydrogens (tertiary/aromatic N) is 2. The van der Waals surface area contributed by atoms with Crippen molar-refractivity contribution in [2.45, 2.75) is 32.4 Å². The molecule has 2 heterocycles. The summed E-state index contributed by atoms with van der Waals surface area (Å²) in [6.45, 7) is 4.41. The molecule has 3 rings (SSSR count). The van der Waals surface area contributed by atoms with E-state index in [9.17, 15) is 8.42 Å². The fraction of sp³-hybridized carbons (Fsp3) is 0.421. The van der Waals surface area contributed by atoms with Crippen LogP contribution in [0.4, 0.5) is 11.4 Å². The maximum Gasteiger partial charge on any atom is 0.232 e. The molecule has 6 nitrogen and oxygen atoms in total. The van der Waals surface area contributed by atoms with Crippen molar-refractivity contribution in [1.29, 1.82) is 0 Å². The fourth-order valence-electron chi connectivity index (χ4n) is 3.12. The first-order chi connectivity index (χ1) is 12.6. The lowest BCUT2D eigenvalue weighted by atomic mass is 10.0. The van der Waals surface area contributed by atoms with Crippen LogP contribution in [0.1, 0.15) is 25.3 Å². The largest absolute Gasteiger partial charge is 0.371 e. The Morgan fingerprint density at radius 2 is 1.88 bits per heavy atom. The molecule has 2 N–H and O–H groups in total. The van der Waals surface area contributed by atoms with Gasteiger partial charge in [-0.1, -0.05) is 6.07 Å². The number of rotatable bonds is 7. The van der Waals surface area contributed by atoms with Gasteiger partial charge in [0.1, 0.15) is 0 Å². The van der Waals surface area contributed by atoms with Crippen LogP contribution >= 0.6 is 0 Å². The van der Waals surface area contributed by atoms with Crippen LogP contribution in [-0.2, 0) is 16.6 Å². The summed E-state index contributed by atoms with van der Waals surface area (Å²) >= 11 is 0. The van der Waals surface area contributed by atoms with Gasteiger partial charge in [-0.15, -0.1) is 0 Å². The van der Waals surface area contributed by atoms with E-state index in [1.54, 1.807) is 13.0 Å². The van der Waals surface area contributed by atoms with Crippen LogP contribution in [0.3, 0.4) is 0 Å². The highest BCUT2D eigenvalue weighted by molar-refractivity contribution is 7.92. The van der Waals surface area contributed by atoms with Crippen LogP contribution in [0.15, 0.2) is 48.8 Å². The first-order valence-electron chi connectivity index (χ1n) is 9.03. The van der Waals surface area contributed by atoms with Gasteiger partial charge >= 0.3 is 0 Å². The zero-order valence-electron chi connectivity index (χ0n) is 15.1. The Bertz CT molecular complexity index is 803. The van der Waals surface area contributed by atoms with Crippen molar-refractivity contribution in [3.05, 3.63) is 54.4 Å². The van der Waals surface area contributed by atoms with Gasteiger partial charge < -0.3 is 10.2 Å². The lowest BCUT2D eigenvalue weighted by Gasteiger charge is -2.34. The summed E-state index contributed by atoms with van der Waals surface area (Å²) in [7, 11) is -3.25. The minimum atomic E-state index is -3.25. The Hall–Kier alpha value is -2.12. The van der Waals surface area contributed by atoms with Crippen LogP contribution in [0.5, 0.6) is 0 Å². The molecule has 7 heteroatoms. The molecule has 0 bridgehead atoms. The second kappa shape index (κ2) is 8.51. The number of aromatic nitrogens is 1. The van der Waals surface area contributed by atoms with E-state index in [0.717, 1.165) is 38.2 Å². The number of sulfonamides is 1. The van der Waals surface area contributed by atoms with Gasteiger partial charge in [-0.25, -0.2) is 8.42 Å². The quantitative estimate of drug-likeness (QED) is 0.779. The van der Waals surface area contributed by atoms with Crippen molar-refractivity contribution in [1.82, 2.24) is 10.3 Å². The zero-order chi connectivity index (χ0) is 18.4. The third-order valence-electron chi connectivity index (χ3n) is 4.70. The van der Waals surface area contributed by atoms with Gasteiger partial charge in [-0.2, -0.15) is 0 Å². The smallest absolute Gasteiger partial charge is 0.232 e. The highest BCUT2D eigenvalue weighted by Crippen LogP contribution is 2.24. The minimum absolute atomic E-state index is 0.0752. The number of pyridine rings is 1. The molecule has 26 heavy (non-hydrogen) atoms. The van der Waals surface area contributed by atoms with Gasteiger partial charge in [0.2, 0.25) is 10.0 Å². The first-order valence-corrected chi connectivity index (χ1v) is 10.7. The zero-order valence-corrected chi connectivity index (χ0v) is 15.9. The number of piperidine rings is 1. The molecule has 2 aromatic rings. The lowest BCUT2D eigenvalue weighted by molar-refractivity contribution is 0.414. The lowest BCUT2D eigenvalue weighted by Crippen LogP contribution is -2.42. The monoisotopic (exact) mass is 374 g/mol. The summed E-state index contributed by atoms with van der Waals surface area (Å²) in [5.74, 6) is 0.0752. The van der Waals surface area contributed by atoms with E-state index in [-0.39, 0.29) is 5.75 Å². The molecule has 0 unspecified atom stereocenters. The third kappa shape index (κ3) is 5.19. The summed E-state index contributed by atoms with van der Waals surface area (Å²) < 4.78 is 26.1. The van der Waals surface area contributed by atoms with Crippen molar-refractivity contribution >= 4 is 21.4 Å². The number of benzene rings is 1. The second-order valence-electron chi connectivity index (χ2n) is 6.55. The normalized spacial score (nSPS) is 15.8. The van der Waals surface area contributed by atoms with Crippen molar-refractivity contribution in [2.75, 3.05) is 28.5 Å². The molecule has 0 radical (unpaired) electrons. The molecule has 0 amide bonds. The van der Waals surface area contributed by atoms with Crippen LogP contribution in [0, 0.1) is 0 Å². The molecule has 0 saturated carbocycles. The number of hydrogen-bond acceptors (Lipinski definition) is 5. The Morgan fingerprint density at radius 1 is 1.15 bits per heavy atom. The Labute approximate surface area is 155 Å². The topological polar surface area (TPSA) is 74.3 Å². The van der Waals surface area contributed by atoms with E-state index in [1.807, 2.05) is 42.7 Å². The van der Waals surface area contributed by atoms with Crippen molar-refractivity contribution in [3.8, 4) is 0 Å². The highest BCUT2D eigenvalue weighted by atomic mass is 32.2. The van der Waals surface area contributed by atoms with E-state index in [1.165, 1.54) is 5.56 Å². The SMILES string of the molecule is CCS(=O)(=O)Nc1cccc(N2CCC(NCc3ccncc3)CC2)c1. The molecular formula is C19H26N4O2S. The number of hydrogen-bond donors (Lipinski definition) is 2. The van der Waals surface area contributed by atoms with E-state index in [2.05, 4.69) is 19.9 Å². The Morgan fingerprint density at radius 3 is 2.58 bits per heavy atom. The Balaban J connectivity index is 1.53. The second-order valence-corrected chi connectivity index (χ2v) is 8.56. The third-order valence-corrected chi connectivity index (χ3v) is 6.01. The van der Waals surface area contributed by atoms with Crippen LogP contribution in [0.2, 0.25) is 0 Å². The van der Waals surface area contributed by atoms with Crippen molar-refractivity contribution in [2.24, 2.45) is 0 Å². The van der Waals surface area contributed by atoms with Crippen LogP contribution in [-0.4, -0.2) is 38.3 Å². The molecule has 140 valence electrons. The molecule has 1 aliphatic heterocycles. The van der Waals surface area contributed by atoms with Crippen molar-refractivity contribution < 1.29 is 8.42 Å². The summed E-state index contributed by atoms with van der Waals surface area (Å²) in [6, 6.07) is 12.2. The molecule has 0 spiro atoms. The van der Waals surface area contributed by atoms with Crippen LogP contribution in [0.25, 0.3) is 0 Å². The molecule has 1 aromatic heterocycles. The molecule has 1 aliphatic rings. The first kappa shape index (κ1) is 18.7. The van der Waals surface area contributed by atoms with E-state index in [4.69, 9.17) is 0 Å². The van der Waals surface area contributed by atoms with Gasteiger partial charge in [0.15, 0.2) is 0 Å².